The van der Waals surface area contributed by atoms with E-state index in [1.165, 1.54) is 33.7 Å². The van der Waals surface area contributed by atoms with Gasteiger partial charge in [0.2, 0.25) is 23.6 Å². The molecule has 1 saturated heterocycles. The zero-order valence-corrected chi connectivity index (χ0v) is 21.0. The number of aromatic hydroxyl groups is 1. The molecule has 0 bridgehead atoms. The molecule has 4 atom stereocenters. The van der Waals surface area contributed by atoms with Crippen LogP contribution in [0.2, 0.25) is 0 Å². The number of nitrogens with two attached hydrogens (primary N) is 2. The second kappa shape index (κ2) is 13.2. The van der Waals surface area contributed by atoms with Crippen LogP contribution in [0.3, 0.4) is 0 Å². The summed E-state index contributed by atoms with van der Waals surface area (Å²) in [5.41, 5.74) is 13.1. The number of rotatable bonds is 7. The van der Waals surface area contributed by atoms with Crippen LogP contribution in [0.5, 0.6) is 5.75 Å². The van der Waals surface area contributed by atoms with Gasteiger partial charge in [0, 0.05) is 17.9 Å². The third-order valence-electron chi connectivity index (χ3n) is 5.49. The number of phenolic OH excluding ortho intramolecular Hbond substituents is 1. The molecular formula is C24H29N5O5S2. The molecule has 192 valence electrons. The predicted octanol–water partition coefficient (Wildman–Crippen LogP) is -0.161. The third-order valence-corrected chi connectivity index (χ3v) is 7.91. The van der Waals surface area contributed by atoms with E-state index >= 15 is 0 Å². The van der Waals surface area contributed by atoms with Crippen LogP contribution < -0.4 is 27.4 Å². The lowest BCUT2D eigenvalue weighted by Crippen LogP contribution is -2.58. The minimum absolute atomic E-state index is 0.105. The molecule has 4 amide bonds. The monoisotopic (exact) mass is 531 g/mol. The van der Waals surface area contributed by atoms with E-state index in [-0.39, 0.29) is 30.1 Å². The molecule has 0 spiro atoms. The molecule has 2 aromatic carbocycles. The highest BCUT2D eigenvalue weighted by Gasteiger charge is 2.31. The summed E-state index contributed by atoms with van der Waals surface area (Å²) in [5, 5.41) is 17.4. The maximum Gasteiger partial charge on any atom is 0.244 e. The van der Waals surface area contributed by atoms with E-state index in [0.29, 0.717) is 0 Å². The summed E-state index contributed by atoms with van der Waals surface area (Å²) in [6.45, 7) is 0. The Kier molecular flexibility index (Phi) is 10.0. The van der Waals surface area contributed by atoms with Crippen molar-refractivity contribution in [1.82, 2.24) is 16.0 Å². The highest BCUT2D eigenvalue weighted by atomic mass is 33.1. The fourth-order valence-corrected chi connectivity index (χ4v) is 5.81. The van der Waals surface area contributed by atoms with Gasteiger partial charge in [0.1, 0.15) is 23.9 Å². The van der Waals surface area contributed by atoms with Gasteiger partial charge in [-0.1, -0.05) is 64.1 Å². The van der Waals surface area contributed by atoms with E-state index in [9.17, 15) is 24.3 Å². The average molecular weight is 532 g/mol. The lowest BCUT2D eigenvalue weighted by Gasteiger charge is -2.24. The number of phenols is 1. The third kappa shape index (κ3) is 8.18. The molecule has 0 unspecified atom stereocenters. The van der Waals surface area contributed by atoms with Crippen molar-refractivity contribution in [3.05, 3.63) is 65.7 Å². The molecule has 3 rings (SSSR count). The minimum atomic E-state index is -0.986. The molecule has 12 heteroatoms. The van der Waals surface area contributed by atoms with Crippen molar-refractivity contribution in [3.8, 4) is 5.75 Å². The molecule has 2 aromatic rings. The average Bonchev–Trinajstić information content (AvgIpc) is 2.87. The van der Waals surface area contributed by atoms with Gasteiger partial charge >= 0.3 is 0 Å². The Labute approximate surface area is 216 Å². The quantitative estimate of drug-likeness (QED) is 0.267. The SMILES string of the molecule is NC(=O)[C@H]1CSSC[C@@H](NC(=O)[C@@H](N)Cc2ccc(O)cc2)C(=O)N[C@H](Cc2ccccc2)C(=O)N1. The van der Waals surface area contributed by atoms with Crippen LogP contribution in [0.1, 0.15) is 11.1 Å². The van der Waals surface area contributed by atoms with Crippen LogP contribution >= 0.6 is 21.6 Å². The standard InChI is InChI=1S/C24H29N5O5S2/c25-17(10-15-6-8-16(30)9-7-15)22(32)29-20-13-36-35-12-19(21(26)31)28-23(33)18(27-24(20)34)11-14-4-2-1-3-5-14/h1-9,17-20,30H,10-13,25H2,(H2,26,31)(H,27,34)(H,28,33)(H,29,32)/t17-,18+,19+,20+/m0/s1. The Morgan fingerprint density at radius 1 is 0.972 bits per heavy atom. The van der Waals surface area contributed by atoms with Gasteiger partial charge in [-0.05, 0) is 29.7 Å². The number of carbonyl (C=O) groups is 4. The Hall–Kier alpha value is -3.22. The van der Waals surface area contributed by atoms with Crippen molar-refractivity contribution in [2.75, 3.05) is 11.5 Å². The number of hydrogen-bond donors (Lipinski definition) is 6. The molecule has 1 heterocycles. The number of benzene rings is 2. The lowest BCUT2D eigenvalue weighted by molar-refractivity contribution is -0.133. The van der Waals surface area contributed by atoms with E-state index in [1.54, 1.807) is 12.1 Å². The molecule has 0 aliphatic carbocycles. The van der Waals surface area contributed by atoms with Gasteiger partial charge in [-0.25, -0.2) is 0 Å². The Balaban J connectivity index is 1.74. The van der Waals surface area contributed by atoms with E-state index < -0.39 is 47.8 Å². The summed E-state index contributed by atoms with van der Waals surface area (Å²) in [6, 6.07) is 11.7. The Morgan fingerprint density at radius 2 is 1.64 bits per heavy atom. The normalized spacial score (nSPS) is 21.9. The number of carbonyl (C=O) groups excluding carboxylic acids is 4. The van der Waals surface area contributed by atoms with Gasteiger partial charge in [-0.2, -0.15) is 0 Å². The summed E-state index contributed by atoms with van der Waals surface area (Å²) < 4.78 is 0. The largest absolute Gasteiger partial charge is 0.508 e. The van der Waals surface area contributed by atoms with Crippen LogP contribution in [0.15, 0.2) is 54.6 Å². The van der Waals surface area contributed by atoms with E-state index in [4.69, 9.17) is 11.5 Å². The molecular weight excluding hydrogens is 502 g/mol. The molecule has 8 N–H and O–H groups in total. The number of amides is 4. The molecule has 1 fully saturated rings. The second-order valence-corrected chi connectivity index (χ2v) is 10.9. The Bertz CT molecular complexity index is 1070. The smallest absolute Gasteiger partial charge is 0.244 e. The molecule has 10 nitrogen and oxygen atoms in total. The maximum absolute atomic E-state index is 13.2. The first-order valence-electron chi connectivity index (χ1n) is 11.2. The van der Waals surface area contributed by atoms with Gasteiger partial charge in [-0.15, -0.1) is 0 Å². The van der Waals surface area contributed by atoms with Crippen molar-refractivity contribution in [3.63, 3.8) is 0 Å². The number of nitrogens with one attached hydrogen (secondary N) is 3. The van der Waals surface area contributed by atoms with Crippen LogP contribution in [0, 0.1) is 0 Å². The first-order valence-corrected chi connectivity index (χ1v) is 13.7. The zero-order valence-electron chi connectivity index (χ0n) is 19.4. The number of primary amides is 1. The Morgan fingerprint density at radius 3 is 2.31 bits per heavy atom. The van der Waals surface area contributed by atoms with Crippen LogP contribution in [0.25, 0.3) is 0 Å². The van der Waals surface area contributed by atoms with E-state index in [1.807, 2.05) is 30.3 Å². The van der Waals surface area contributed by atoms with Crippen LogP contribution in [-0.2, 0) is 32.0 Å². The van der Waals surface area contributed by atoms with Crippen molar-refractivity contribution in [2.45, 2.75) is 37.0 Å². The van der Waals surface area contributed by atoms with Crippen LogP contribution in [0.4, 0.5) is 0 Å². The molecule has 1 aliphatic rings. The second-order valence-electron chi connectivity index (χ2n) is 8.32. The van der Waals surface area contributed by atoms with Gasteiger partial charge in [0.15, 0.2) is 0 Å². The fourth-order valence-electron chi connectivity index (χ4n) is 3.47. The van der Waals surface area contributed by atoms with E-state index in [0.717, 1.165) is 11.1 Å². The van der Waals surface area contributed by atoms with Crippen molar-refractivity contribution < 1.29 is 24.3 Å². The minimum Gasteiger partial charge on any atom is -0.508 e. The van der Waals surface area contributed by atoms with Gasteiger partial charge in [0.25, 0.3) is 0 Å². The van der Waals surface area contributed by atoms with Gasteiger partial charge in [0.05, 0.1) is 6.04 Å². The summed E-state index contributed by atoms with van der Waals surface area (Å²) in [5.74, 6) is -1.79. The highest BCUT2D eigenvalue weighted by Crippen LogP contribution is 2.24. The molecule has 36 heavy (non-hydrogen) atoms. The summed E-state index contributed by atoms with van der Waals surface area (Å²) in [6.07, 6.45) is 0.396. The predicted molar refractivity (Wildman–Crippen MR) is 140 cm³/mol. The highest BCUT2D eigenvalue weighted by molar-refractivity contribution is 8.76. The summed E-state index contributed by atoms with van der Waals surface area (Å²) in [7, 11) is 2.54. The first kappa shape index (κ1) is 27.4. The zero-order chi connectivity index (χ0) is 26.1. The van der Waals surface area contributed by atoms with Crippen molar-refractivity contribution >= 4 is 45.2 Å². The molecule has 0 saturated carbocycles. The summed E-state index contributed by atoms with van der Waals surface area (Å²) in [4.78, 5) is 50.8. The molecule has 0 radical (unpaired) electrons. The maximum atomic E-state index is 13.2. The van der Waals surface area contributed by atoms with Crippen molar-refractivity contribution in [1.29, 1.82) is 0 Å². The molecule has 0 aromatic heterocycles. The van der Waals surface area contributed by atoms with Gasteiger partial charge < -0.3 is 32.5 Å². The lowest BCUT2D eigenvalue weighted by atomic mass is 10.0. The van der Waals surface area contributed by atoms with Crippen molar-refractivity contribution in [2.24, 2.45) is 11.5 Å². The molecule has 1 aliphatic heterocycles. The fraction of sp³-hybridized carbons (Fsp3) is 0.333. The van der Waals surface area contributed by atoms with Gasteiger partial charge in [-0.3, -0.25) is 19.2 Å². The first-order chi connectivity index (χ1) is 17.2. The van der Waals surface area contributed by atoms with E-state index in [2.05, 4.69) is 16.0 Å². The number of hydrogen-bond acceptors (Lipinski definition) is 8. The van der Waals surface area contributed by atoms with Crippen LogP contribution in [-0.4, -0.2) is 64.4 Å². The summed E-state index contributed by atoms with van der Waals surface area (Å²) >= 11 is 0. The topological polar surface area (TPSA) is 177 Å².